The summed E-state index contributed by atoms with van der Waals surface area (Å²) in [6.45, 7) is 2.11. The van der Waals surface area contributed by atoms with Crippen molar-refractivity contribution in [1.82, 2.24) is 25.6 Å². The Morgan fingerprint density at radius 3 is 2.33 bits per heavy atom. The molecular formula is C19H29N5O2S. The van der Waals surface area contributed by atoms with Crippen LogP contribution in [0.25, 0.3) is 0 Å². The van der Waals surface area contributed by atoms with E-state index in [1.165, 1.54) is 38.5 Å². The number of aromatic amines is 1. The first-order valence-electron chi connectivity index (χ1n) is 10.2. The van der Waals surface area contributed by atoms with Crippen molar-refractivity contribution in [2.45, 2.75) is 71.3 Å². The molecule has 4 bridgehead atoms. The summed E-state index contributed by atoms with van der Waals surface area (Å²) in [6, 6.07) is 0. The molecule has 4 fully saturated rings. The highest BCUT2D eigenvalue weighted by molar-refractivity contribution is 7.71. The van der Waals surface area contributed by atoms with E-state index in [1.807, 2.05) is 6.92 Å². The van der Waals surface area contributed by atoms with Crippen molar-refractivity contribution in [3.05, 3.63) is 10.6 Å². The molecule has 1 aromatic heterocycles. The van der Waals surface area contributed by atoms with E-state index in [4.69, 9.17) is 12.2 Å². The predicted octanol–water partition coefficient (Wildman–Crippen LogP) is 2.65. The van der Waals surface area contributed by atoms with Crippen LogP contribution in [-0.4, -0.2) is 26.6 Å². The van der Waals surface area contributed by atoms with Crippen LogP contribution in [0.2, 0.25) is 0 Å². The van der Waals surface area contributed by atoms with Gasteiger partial charge in [-0.25, -0.2) is 0 Å². The summed E-state index contributed by atoms with van der Waals surface area (Å²) < 4.78 is 2.10. The molecule has 3 N–H and O–H groups in total. The molecule has 0 aliphatic heterocycles. The summed E-state index contributed by atoms with van der Waals surface area (Å²) in [7, 11) is 0. The third kappa shape index (κ3) is 3.95. The number of hydrogen-bond donors (Lipinski definition) is 3. The molecule has 0 saturated heterocycles. The second-order valence-electron chi connectivity index (χ2n) is 8.97. The van der Waals surface area contributed by atoms with E-state index in [0.717, 1.165) is 36.4 Å². The van der Waals surface area contributed by atoms with Gasteiger partial charge in [0, 0.05) is 12.8 Å². The van der Waals surface area contributed by atoms with E-state index >= 15 is 0 Å². The molecule has 1 aromatic rings. The summed E-state index contributed by atoms with van der Waals surface area (Å²) in [5.74, 6) is 2.85. The first-order valence-corrected chi connectivity index (χ1v) is 10.6. The molecule has 1 heterocycles. The number of nitrogens with zero attached hydrogens (tertiary/aromatic N) is 2. The van der Waals surface area contributed by atoms with Gasteiger partial charge in [0.15, 0.2) is 4.77 Å². The highest BCUT2D eigenvalue weighted by Crippen LogP contribution is 2.61. The first kappa shape index (κ1) is 18.7. The standard InChI is InChI=1S/C19H29N5O2S/c1-2-3-15-20-23-18(27)24(15)11-17(26)22-21-16(25)10-19-7-12-4-13(8-19)6-14(5-12)9-19/h12-14H,2-11H2,1H3,(H,21,25)(H,22,26)(H,23,27). The monoisotopic (exact) mass is 391 g/mol. The maximum Gasteiger partial charge on any atom is 0.258 e. The van der Waals surface area contributed by atoms with Gasteiger partial charge >= 0.3 is 0 Å². The van der Waals surface area contributed by atoms with Crippen LogP contribution in [0, 0.1) is 27.9 Å². The molecule has 0 radical (unpaired) electrons. The number of hydrazine groups is 1. The van der Waals surface area contributed by atoms with E-state index < -0.39 is 0 Å². The summed E-state index contributed by atoms with van der Waals surface area (Å²) in [5.41, 5.74) is 5.35. The molecule has 0 unspecified atom stereocenters. The summed E-state index contributed by atoms with van der Waals surface area (Å²) in [5, 5.41) is 6.88. The van der Waals surface area contributed by atoms with Crippen LogP contribution in [0.5, 0.6) is 0 Å². The fourth-order valence-electron chi connectivity index (χ4n) is 6.14. The minimum absolute atomic E-state index is 0.0578. The number of aromatic nitrogens is 3. The van der Waals surface area contributed by atoms with E-state index in [0.29, 0.717) is 11.2 Å². The number of nitrogens with one attached hydrogen (secondary N) is 3. The fraction of sp³-hybridized carbons (Fsp3) is 0.789. The van der Waals surface area contributed by atoms with Gasteiger partial charge in [0.05, 0.1) is 0 Å². The molecule has 148 valence electrons. The minimum atomic E-state index is -0.288. The third-order valence-corrected chi connectivity index (χ3v) is 6.97. The molecule has 0 spiro atoms. The van der Waals surface area contributed by atoms with Crippen molar-refractivity contribution in [1.29, 1.82) is 0 Å². The van der Waals surface area contributed by atoms with Crippen molar-refractivity contribution in [3.63, 3.8) is 0 Å². The highest BCUT2D eigenvalue weighted by Gasteiger charge is 2.51. The van der Waals surface area contributed by atoms with Crippen LogP contribution in [0.15, 0.2) is 0 Å². The number of H-pyrrole nitrogens is 1. The Kier molecular flexibility index (Phi) is 5.09. The number of carbonyl (C=O) groups is 2. The Labute approximate surface area is 164 Å². The molecule has 27 heavy (non-hydrogen) atoms. The average molecular weight is 392 g/mol. The third-order valence-electron chi connectivity index (χ3n) is 6.65. The molecule has 5 rings (SSSR count). The number of rotatable bonds is 6. The second-order valence-corrected chi connectivity index (χ2v) is 9.36. The van der Waals surface area contributed by atoms with Gasteiger partial charge in [-0.05, 0) is 80.3 Å². The first-order chi connectivity index (χ1) is 13.0. The zero-order valence-corrected chi connectivity index (χ0v) is 16.7. The van der Waals surface area contributed by atoms with Gasteiger partial charge in [-0.2, -0.15) is 5.10 Å². The largest absolute Gasteiger partial charge is 0.295 e. The SMILES string of the molecule is CCCc1n[nH]c(=S)n1CC(=O)NNC(=O)CC12CC3CC(CC(C3)C1)C2. The van der Waals surface area contributed by atoms with Crippen molar-refractivity contribution in [2.75, 3.05) is 0 Å². The molecule has 0 atom stereocenters. The minimum Gasteiger partial charge on any atom is -0.295 e. The molecule has 7 nitrogen and oxygen atoms in total. The van der Waals surface area contributed by atoms with Gasteiger partial charge in [0.25, 0.3) is 5.91 Å². The molecular weight excluding hydrogens is 362 g/mol. The van der Waals surface area contributed by atoms with Crippen LogP contribution in [0.4, 0.5) is 0 Å². The van der Waals surface area contributed by atoms with Gasteiger partial charge in [0.2, 0.25) is 5.91 Å². The normalized spacial score (nSPS) is 31.1. The Morgan fingerprint density at radius 1 is 1.15 bits per heavy atom. The zero-order chi connectivity index (χ0) is 19.0. The lowest BCUT2D eigenvalue weighted by molar-refractivity contribution is -0.134. The molecule has 2 amide bonds. The van der Waals surface area contributed by atoms with Crippen molar-refractivity contribution in [3.8, 4) is 0 Å². The van der Waals surface area contributed by atoms with Crippen molar-refractivity contribution >= 4 is 24.0 Å². The molecule has 4 saturated carbocycles. The van der Waals surface area contributed by atoms with E-state index in [2.05, 4.69) is 21.0 Å². The maximum atomic E-state index is 12.5. The lowest BCUT2D eigenvalue weighted by Gasteiger charge is -2.56. The fourth-order valence-corrected chi connectivity index (χ4v) is 6.36. The van der Waals surface area contributed by atoms with Crippen LogP contribution in [0.1, 0.15) is 64.1 Å². The summed E-state index contributed by atoms with van der Waals surface area (Å²) >= 11 is 5.19. The second kappa shape index (κ2) is 7.37. The number of amides is 2. The topological polar surface area (TPSA) is 91.8 Å². The van der Waals surface area contributed by atoms with Gasteiger partial charge in [-0.3, -0.25) is 30.1 Å². The Bertz CT molecular complexity index is 748. The van der Waals surface area contributed by atoms with Crippen molar-refractivity contribution < 1.29 is 9.59 Å². The smallest absolute Gasteiger partial charge is 0.258 e. The molecule has 4 aliphatic rings. The maximum absolute atomic E-state index is 12.5. The highest BCUT2D eigenvalue weighted by atomic mass is 32.1. The molecule has 0 aromatic carbocycles. The number of hydrogen-bond acceptors (Lipinski definition) is 4. The number of aryl methyl sites for hydroxylation is 1. The van der Waals surface area contributed by atoms with E-state index in [1.54, 1.807) is 4.57 Å². The van der Waals surface area contributed by atoms with E-state index in [-0.39, 0.29) is 23.8 Å². The van der Waals surface area contributed by atoms with Gasteiger partial charge in [-0.15, -0.1) is 0 Å². The molecule has 8 heteroatoms. The van der Waals surface area contributed by atoms with Crippen LogP contribution in [0.3, 0.4) is 0 Å². The summed E-state index contributed by atoms with van der Waals surface area (Å²) in [6.07, 6.45) is 9.85. The zero-order valence-electron chi connectivity index (χ0n) is 15.9. The lowest BCUT2D eigenvalue weighted by Crippen LogP contribution is -2.50. The Hall–Kier alpha value is -1.70. The average Bonchev–Trinajstić information content (AvgIpc) is 2.92. The lowest BCUT2D eigenvalue weighted by atomic mass is 9.49. The number of carbonyl (C=O) groups excluding carboxylic acids is 2. The van der Waals surface area contributed by atoms with Crippen LogP contribution < -0.4 is 10.9 Å². The summed E-state index contributed by atoms with van der Waals surface area (Å²) in [4.78, 5) is 24.8. The predicted molar refractivity (Wildman–Crippen MR) is 103 cm³/mol. The van der Waals surface area contributed by atoms with Gasteiger partial charge in [0.1, 0.15) is 12.4 Å². The Morgan fingerprint density at radius 2 is 1.74 bits per heavy atom. The van der Waals surface area contributed by atoms with Gasteiger partial charge < -0.3 is 0 Å². The molecule has 4 aliphatic carbocycles. The van der Waals surface area contributed by atoms with Crippen LogP contribution in [-0.2, 0) is 22.6 Å². The van der Waals surface area contributed by atoms with Crippen LogP contribution >= 0.6 is 12.2 Å². The van der Waals surface area contributed by atoms with Crippen molar-refractivity contribution in [2.24, 2.45) is 23.2 Å². The quantitative estimate of drug-likeness (QED) is 0.513. The Balaban J connectivity index is 1.29. The van der Waals surface area contributed by atoms with Gasteiger partial charge in [-0.1, -0.05) is 6.92 Å². The van der Waals surface area contributed by atoms with E-state index in [9.17, 15) is 9.59 Å².